The van der Waals surface area contributed by atoms with Crippen LogP contribution in [0.4, 0.5) is 5.69 Å². The van der Waals surface area contributed by atoms with E-state index in [1.807, 2.05) is 58.0 Å². The molecule has 2 rings (SSSR count). The maximum atomic E-state index is 12.1. The van der Waals surface area contributed by atoms with Crippen LogP contribution >= 0.6 is 15.9 Å². The highest BCUT2D eigenvalue weighted by atomic mass is 79.9. The molecule has 4 heteroatoms. The van der Waals surface area contributed by atoms with E-state index < -0.39 is 0 Å². The fourth-order valence-corrected chi connectivity index (χ4v) is 3.07. The molecule has 2 aromatic rings. The first-order valence-corrected chi connectivity index (χ1v) is 7.93. The molecule has 0 heterocycles. The van der Waals surface area contributed by atoms with Crippen molar-refractivity contribution in [3.8, 4) is 5.75 Å². The Kier molecular flexibility index (Phi) is 5.24. The summed E-state index contributed by atoms with van der Waals surface area (Å²) in [5.41, 5.74) is 5.13. The Morgan fingerprint density at radius 1 is 1.05 bits per heavy atom. The number of rotatable bonds is 4. The molecule has 0 atom stereocenters. The highest BCUT2D eigenvalue weighted by Crippen LogP contribution is 2.30. The van der Waals surface area contributed by atoms with Gasteiger partial charge in [-0.25, -0.2) is 0 Å². The Bertz CT molecular complexity index is 687. The highest BCUT2D eigenvalue weighted by molar-refractivity contribution is 9.10. The van der Waals surface area contributed by atoms with Gasteiger partial charge in [0.2, 0.25) is 0 Å². The number of amides is 1. The zero-order chi connectivity index (χ0) is 16.3. The minimum Gasteiger partial charge on any atom is -0.482 e. The lowest BCUT2D eigenvalue weighted by atomic mass is 10.1. The molecule has 116 valence electrons. The largest absolute Gasteiger partial charge is 0.482 e. The second-order valence-electron chi connectivity index (χ2n) is 5.55. The summed E-state index contributed by atoms with van der Waals surface area (Å²) in [6.45, 7) is 7.94. The topological polar surface area (TPSA) is 38.3 Å². The van der Waals surface area contributed by atoms with Crippen molar-refractivity contribution in [2.45, 2.75) is 27.7 Å². The molecule has 0 aliphatic heterocycles. The molecule has 1 N–H and O–H groups in total. The van der Waals surface area contributed by atoms with E-state index >= 15 is 0 Å². The van der Waals surface area contributed by atoms with E-state index in [4.69, 9.17) is 4.74 Å². The Labute approximate surface area is 139 Å². The zero-order valence-electron chi connectivity index (χ0n) is 13.3. The predicted octanol–water partition coefficient (Wildman–Crippen LogP) is 4.70. The third-order valence-corrected chi connectivity index (χ3v) is 3.98. The predicted molar refractivity (Wildman–Crippen MR) is 93.7 cm³/mol. The minimum absolute atomic E-state index is 0.0180. The molecule has 0 bridgehead atoms. The first-order valence-electron chi connectivity index (χ1n) is 7.13. The molecule has 0 unspecified atom stereocenters. The molecule has 1 amide bonds. The molecule has 0 aliphatic carbocycles. The lowest BCUT2D eigenvalue weighted by Gasteiger charge is -2.13. The Morgan fingerprint density at radius 2 is 1.77 bits per heavy atom. The number of hydrogen-bond donors (Lipinski definition) is 1. The van der Waals surface area contributed by atoms with Crippen molar-refractivity contribution in [3.05, 3.63) is 57.1 Å². The number of hydrogen-bond acceptors (Lipinski definition) is 2. The van der Waals surface area contributed by atoms with Crippen molar-refractivity contribution in [1.29, 1.82) is 0 Å². The molecule has 0 saturated carbocycles. The van der Waals surface area contributed by atoms with Crippen LogP contribution in [-0.4, -0.2) is 12.5 Å². The SMILES string of the molecule is Cc1cc(C)c(OCC(=O)Nc2cc(C)ccc2C)c(Br)c1. The maximum absolute atomic E-state index is 12.1. The number of aryl methyl sites for hydroxylation is 4. The first-order chi connectivity index (χ1) is 10.4. The highest BCUT2D eigenvalue weighted by Gasteiger charge is 2.10. The summed E-state index contributed by atoms with van der Waals surface area (Å²) in [6.07, 6.45) is 0. The molecular formula is C18H20BrNO2. The van der Waals surface area contributed by atoms with Crippen molar-refractivity contribution in [2.24, 2.45) is 0 Å². The van der Waals surface area contributed by atoms with Gasteiger partial charge in [-0.2, -0.15) is 0 Å². The van der Waals surface area contributed by atoms with Gasteiger partial charge < -0.3 is 10.1 Å². The van der Waals surface area contributed by atoms with Crippen molar-refractivity contribution in [2.75, 3.05) is 11.9 Å². The smallest absolute Gasteiger partial charge is 0.262 e. The quantitative estimate of drug-likeness (QED) is 0.856. The van der Waals surface area contributed by atoms with E-state index in [0.29, 0.717) is 5.75 Å². The van der Waals surface area contributed by atoms with E-state index in [1.165, 1.54) is 0 Å². The standard InChI is InChI=1S/C18H20BrNO2/c1-11-5-6-13(3)16(9-11)20-17(21)10-22-18-14(4)7-12(2)8-15(18)19/h5-9H,10H2,1-4H3,(H,20,21). The van der Waals surface area contributed by atoms with Crippen LogP contribution in [0.1, 0.15) is 22.3 Å². The molecule has 3 nitrogen and oxygen atoms in total. The van der Waals surface area contributed by atoms with Gasteiger partial charge in [-0.1, -0.05) is 18.2 Å². The van der Waals surface area contributed by atoms with E-state index in [2.05, 4.69) is 21.2 Å². The summed E-state index contributed by atoms with van der Waals surface area (Å²) in [4.78, 5) is 12.1. The molecule has 0 saturated heterocycles. The Hall–Kier alpha value is -1.81. The lowest BCUT2D eigenvalue weighted by Crippen LogP contribution is -2.21. The fraction of sp³-hybridized carbons (Fsp3) is 0.278. The number of carbonyl (C=O) groups is 1. The summed E-state index contributed by atoms with van der Waals surface area (Å²) in [5.74, 6) is 0.544. The number of anilines is 1. The summed E-state index contributed by atoms with van der Waals surface area (Å²) in [5, 5.41) is 2.89. The third-order valence-electron chi connectivity index (χ3n) is 3.39. The van der Waals surface area contributed by atoms with Crippen LogP contribution < -0.4 is 10.1 Å². The van der Waals surface area contributed by atoms with E-state index in [9.17, 15) is 4.79 Å². The summed E-state index contributed by atoms with van der Waals surface area (Å²) in [6, 6.07) is 9.98. The van der Waals surface area contributed by atoms with E-state index in [0.717, 1.165) is 32.4 Å². The number of benzene rings is 2. The average Bonchev–Trinajstić information content (AvgIpc) is 2.41. The first kappa shape index (κ1) is 16.6. The van der Waals surface area contributed by atoms with E-state index in [1.54, 1.807) is 0 Å². The van der Waals surface area contributed by atoms with Crippen molar-refractivity contribution in [1.82, 2.24) is 0 Å². The van der Waals surface area contributed by atoms with Crippen LogP contribution in [0.5, 0.6) is 5.75 Å². The fourth-order valence-electron chi connectivity index (χ4n) is 2.28. The minimum atomic E-state index is -0.166. The molecule has 0 fully saturated rings. The van der Waals surface area contributed by atoms with Gasteiger partial charge >= 0.3 is 0 Å². The van der Waals surface area contributed by atoms with Crippen LogP contribution in [0, 0.1) is 27.7 Å². The molecule has 2 aromatic carbocycles. The van der Waals surface area contributed by atoms with Gasteiger partial charge in [-0.3, -0.25) is 4.79 Å². The van der Waals surface area contributed by atoms with Crippen LogP contribution in [0.15, 0.2) is 34.8 Å². The van der Waals surface area contributed by atoms with Gasteiger partial charge in [0.05, 0.1) is 4.47 Å². The van der Waals surface area contributed by atoms with Gasteiger partial charge in [0, 0.05) is 5.69 Å². The molecule has 0 aromatic heterocycles. The normalized spacial score (nSPS) is 10.4. The summed E-state index contributed by atoms with van der Waals surface area (Å²) < 4.78 is 6.53. The monoisotopic (exact) mass is 361 g/mol. The summed E-state index contributed by atoms with van der Waals surface area (Å²) >= 11 is 3.48. The van der Waals surface area contributed by atoms with Crippen LogP contribution in [0.3, 0.4) is 0 Å². The average molecular weight is 362 g/mol. The van der Waals surface area contributed by atoms with Crippen LogP contribution in [0.25, 0.3) is 0 Å². The third kappa shape index (κ3) is 4.10. The number of halogens is 1. The molecule has 0 radical (unpaired) electrons. The van der Waals surface area contributed by atoms with Crippen LogP contribution in [-0.2, 0) is 4.79 Å². The van der Waals surface area contributed by atoms with Crippen LogP contribution in [0.2, 0.25) is 0 Å². The molecule has 0 aliphatic rings. The molecular weight excluding hydrogens is 342 g/mol. The van der Waals surface area contributed by atoms with Crippen molar-refractivity contribution in [3.63, 3.8) is 0 Å². The van der Waals surface area contributed by atoms with Gasteiger partial charge in [-0.15, -0.1) is 0 Å². The second-order valence-corrected chi connectivity index (χ2v) is 6.40. The van der Waals surface area contributed by atoms with E-state index in [-0.39, 0.29) is 12.5 Å². The number of carbonyl (C=O) groups excluding carboxylic acids is 1. The Balaban J connectivity index is 2.03. The number of ether oxygens (including phenoxy) is 1. The molecule has 22 heavy (non-hydrogen) atoms. The van der Waals surface area contributed by atoms with Gasteiger partial charge in [0.1, 0.15) is 5.75 Å². The maximum Gasteiger partial charge on any atom is 0.262 e. The molecule has 0 spiro atoms. The van der Waals surface area contributed by atoms with Crippen molar-refractivity contribution >= 4 is 27.5 Å². The lowest BCUT2D eigenvalue weighted by molar-refractivity contribution is -0.118. The van der Waals surface area contributed by atoms with Gasteiger partial charge in [0.25, 0.3) is 5.91 Å². The van der Waals surface area contributed by atoms with Gasteiger partial charge in [-0.05, 0) is 78.0 Å². The zero-order valence-corrected chi connectivity index (χ0v) is 14.9. The Morgan fingerprint density at radius 3 is 2.45 bits per heavy atom. The number of nitrogens with one attached hydrogen (secondary N) is 1. The summed E-state index contributed by atoms with van der Waals surface area (Å²) in [7, 11) is 0. The van der Waals surface area contributed by atoms with Gasteiger partial charge in [0.15, 0.2) is 6.61 Å². The second kappa shape index (κ2) is 6.97. The van der Waals surface area contributed by atoms with Crippen molar-refractivity contribution < 1.29 is 9.53 Å².